The van der Waals surface area contributed by atoms with Crippen molar-refractivity contribution in [1.29, 1.82) is 0 Å². The molecule has 2 fully saturated rings. The molecule has 2 atom stereocenters. The number of aromatic nitrogens is 2. The van der Waals surface area contributed by atoms with Crippen molar-refractivity contribution in [2.75, 3.05) is 5.32 Å². The van der Waals surface area contributed by atoms with E-state index in [0.717, 1.165) is 0 Å². The predicted octanol–water partition coefficient (Wildman–Crippen LogP) is 2.11. The molecule has 0 aliphatic heterocycles. The van der Waals surface area contributed by atoms with Crippen LogP contribution in [0.5, 0.6) is 0 Å². The normalized spacial score (nSPS) is 30.9. The van der Waals surface area contributed by atoms with Crippen LogP contribution in [0.1, 0.15) is 19.3 Å². The van der Waals surface area contributed by atoms with E-state index in [1.807, 2.05) is 0 Å². The Morgan fingerprint density at radius 3 is 2.69 bits per heavy atom. The Morgan fingerprint density at radius 1 is 1.31 bits per heavy atom. The Kier molecular flexibility index (Phi) is 2.32. The van der Waals surface area contributed by atoms with Crippen LogP contribution in [0, 0.1) is 17.8 Å². The molecule has 2 saturated carbocycles. The average molecular weight is 238 g/mol. The first-order valence-corrected chi connectivity index (χ1v) is 5.92. The van der Waals surface area contributed by atoms with E-state index in [2.05, 4.69) is 15.3 Å². The lowest BCUT2D eigenvalue weighted by Gasteiger charge is -2.04. The molecule has 1 N–H and O–H groups in total. The molecule has 5 heteroatoms. The largest absolute Gasteiger partial charge is 0.309 e. The van der Waals surface area contributed by atoms with Gasteiger partial charge in [0.1, 0.15) is 5.15 Å². The lowest BCUT2D eigenvalue weighted by Crippen LogP contribution is -2.17. The standard InChI is InChI=1S/C11H12ClN3O/c12-8-4-14-9(5-13-8)15-11(16)10-6-2-1-3-7(6)10/h4-7,10H,1-3H2,(H,14,15,16). The molecule has 0 saturated heterocycles. The van der Waals surface area contributed by atoms with E-state index < -0.39 is 0 Å². The van der Waals surface area contributed by atoms with E-state index >= 15 is 0 Å². The van der Waals surface area contributed by atoms with Gasteiger partial charge in [0, 0.05) is 5.92 Å². The molecule has 0 aromatic carbocycles. The molecule has 0 bridgehead atoms. The third kappa shape index (κ3) is 1.67. The number of nitrogens with one attached hydrogen (secondary N) is 1. The maximum Gasteiger partial charge on any atom is 0.229 e. The summed E-state index contributed by atoms with van der Waals surface area (Å²) in [6, 6.07) is 0. The van der Waals surface area contributed by atoms with Crippen LogP contribution in [0.4, 0.5) is 5.82 Å². The summed E-state index contributed by atoms with van der Waals surface area (Å²) in [4.78, 5) is 19.7. The summed E-state index contributed by atoms with van der Waals surface area (Å²) in [6.07, 6.45) is 6.60. The monoisotopic (exact) mass is 237 g/mol. The van der Waals surface area contributed by atoms with Gasteiger partial charge in [0.25, 0.3) is 0 Å². The fourth-order valence-corrected chi connectivity index (χ4v) is 2.89. The maximum absolute atomic E-state index is 11.9. The van der Waals surface area contributed by atoms with Crippen LogP contribution in [-0.4, -0.2) is 15.9 Å². The molecule has 4 nitrogen and oxygen atoms in total. The molecule has 84 valence electrons. The Hall–Kier alpha value is -1.16. The van der Waals surface area contributed by atoms with E-state index in [-0.39, 0.29) is 11.8 Å². The molecular weight excluding hydrogens is 226 g/mol. The number of fused-ring (bicyclic) bond motifs is 1. The minimum absolute atomic E-state index is 0.0892. The Morgan fingerprint density at radius 2 is 2.06 bits per heavy atom. The molecule has 3 rings (SSSR count). The van der Waals surface area contributed by atoms with Gasteiger partial charge < -0.3 is 5.32 Å². The first-order chi connectivity index (χ1) is 7.75. The molecule has 1 aromatic rings. The molecule has 1 amide bonds. The number of amides is 1. The molecule has 2 unspecified atom stereocenters. The van der Waals surface area contributed by atoms with E-state index in [9.17, 15) is 4.79 Å². The summed E-state index contributed by atoms with van der Waals surface area (Å²) >= 11 is 5.61. The van der Waals surface area contributed by atoms with Gasteiger partial charge in [-0.2, -0.15) is 0 Å². The van der Waals surface area contributed by atoms with Crippen molar-refractivity contribution in [3.8, 4) is 0 Å². The number of hydrogen-bond donors (Lipinski definition) is 1. The van der Waals surface area contributed by atoms with Crippen LogP contribution in [0.3, 0.4) is 0 Å². The van der Waals surface area contributed by atoms with Crippen molar-refractivity contribution in [3.63, 3.8) is 0 Å². The van der Waals surface area contributed by atoms with Gasteiger partial charge >= 0.3 is 0 Å². The number of nitrogens with zero attached hydrogens (tertiary/aromatic N) is 2. The lowest BCUT2D eigenvalue weighted by molar-refractivity contribution is -0.118. The fraction of sp³-hybridized carbons (Fsp3) is 0.545. The van der Waals surface area contributed by atoms with Crippen LogP contribution >= 0.6 is 11.6 Å². The smallest absolute Gasteiger partial charge is 0.229 e. The van der Waals surface area contributed by atoms with Crippen molar-refractivity contribution in [2.24, 2.45) is 17.8 Å². The van der Waals surface area contributed by atoms with Crippen molar-refractivity contribution in [1.82, 2.24) is 9.97 Å². The van der Waals surface area contributed by atoms with Gasteiger partial charge in [-0.1, -0.05) is 18.0 Å². The number of halogens is 1. The van der Waals surface area contributed by atoms with Crippen LogP contribution < -0.4 is 5.32 Å². The van der Waals surface area contributed by atoms with Gasteiger partial charge in [-0.25, -0.2) is 9.97 Å². The van der Waals surface area contributed by atoms with Gasteiger partial charge in [-0.05, 0) is 24.7 Å². The molecule has 2 aliphatic rings. The highest BCUT2D eigenvalue weighted by Gasteiger charge is 2.56. The molecule has 0 radical (unpaired) electrons. The van der Waals surface area contributed by atoms with E-state index in [1.54, 1.807) is 0 Å². The molecule has 2 aliphatic carbocycles. The van der Waals surface area contributed by atoms with Crippen LogP contribution in [0.15, 0.2) is 12.4 Å². The highest BCUT2D eigenvalue weighted by Crippen LogP contribution is 2.57. The summed E-state index contributed by atoms with van der Waals surface area (Å²) < 4.78 is 0. The van der Waals surface area contributed by atoms with Crippen LogP contribution in [0.2, 0.25) is 5.15 Å². The average Bonchev–Trinajstić information content (AvgIpc) is 2.76. The second kappa shape index (κ2) is 3.70. The van der Waals surface area contributed by atoms with Crippen molar-refractivity contribution >= 4 is 23.3 Å². The third-order valence-corrected chi connectivity index (χ3v) is 3.78. The third-order valence-electron chi connectivity index (χ3n) is 3.58. The van der Waals surface area contributed by atoms with Gasteiger partial charge in [-0.3, -0.25) is 4.79 Å². The van der Waals surface area contributed by atoms with Gasteiger partial charge in [0.05, 0.1) is 12.4 Å². The number of carbonyl (C=O) groups excluding carboxylic acids is 1. The van der Waals surface area contributed by atoms with Crippen molar-refractivity contribution in [2.45, 2.75) is 19.3 Å². The summed E-state index contributed by atoms with van der Waals surface area (Å²) in [6.45, 7) is 0. The Bertz CT molecular complexity index is 410. The Labute approximate surface area is 98.4 Å². The number of rotatable bonds is 2. The van der Waals surface area contributed by atoms with Gasteiger partial charge in [0.15, 0.2) is 5.82 Å². The van der Waals surface area contributed by atoms with Crippen molar-refractivity contribution in [3.05, 3.63) is 17.5 Å². The van der Waals surface area contributed by atoms with E-state index in [1.165, 1.54) is 31.7 Å². The number of anilines is 1. The SMILES string of the molecule is O=C(Nc1cnc(Cl)cn1)C1C2CCCC21. The highest BCUT2D eigenvalue weighted by atomic mass is 35.5. The fourth-order valence-electron chi connectivity index (χ4n) is 2.80. The molecule has 1 heterocycles. The van der Waals surface area contributed by atoms with Gasteiger partial charge in [-0.15, -0.1) is 0 Å². The predicted molar refractivity (Wildman–Crippen MR) is 60.0 cm³/mol. The molecular formula is C11H12ClN3O. The topological polar surface area (TPSA) is 54.9 Å². The van der Waals surface area contributed by atoms with Gasteiger partial charge in [0.2, 0.25) is 5.91 Å². The minimum atomic E-state index is 0.0892. The zero-order valence-corrected chi connectivity index (χ0v) is 9.44. The number of hydrogen-bond acceptors (Lipinski definition) is 3. The second-order valence-corrected chi connectivity index (χ2v) is 4.89. The van der Waals surface area contributed by atoms with Crippen molar-refractivity contribution < 1.29 is 4.79 Å². The van der Waals surface area contributed by atoms with E-state index in [0.29, 0.717) is 22.8 Å². The highest BCUT2D eigenvalue weighted by molar-refractivity contribution is 6.29. The minimum Gasteiger partial charge on any atom is -0.309 e. The Balaban J connectivity index is 1.63. The zero-order chi connectivity index (χ0) is 11.1. The van der Waals surface area contributed by atoms with Crippen LogP contribution in [-0.2, 0) is 4.79 Å². The lowest BCUT2D eigenvalue weighted by atomic mass is 10.1. The molecule has 16 heavy (non-hydrogen) atoms. The molecule has 0 spiro atoms. The van der Waals surface area contributed by atoms with E-state index in [4.69, 9.17) is 11.6 Å². The summed E-state index contributed by atoms with van der Waals surface area (Å²) in [5, 5.41) is 3.12. The van der Waals surface area contributed by atoms with Crippen LogP contribution in [0.25, 0.3) is 0 Å². The zero-order valence-electron chi connectivity index (χ0n) is 8.69. The first kappa shape index (κ1) is 10.0. The maximum atomic E-state index is 11.9. The first-order valence-electron chi connectivity index (χ1n) is 5.54. The summed E-state index contributed by atoms with van der Waals surface area (Å²) in [5.74, 6) is 2.04. The molecule has 1 aromatic heterocycles. The quantitative estimate of drug-likeness (QED) is 0.857. The second-order valence-electron chi connectivity index (χ2n) is 4.50. The summed E-state index contributed by atoms with van der Waals surface area (Å²) in [5.41, 5.74) is 0. The summed E-state index contributed by atoms with van der Waals surface area (Å²) in [7, 11) is 0. The number of carbonyl (C=O) groups is 1.